The lowest BCUT2D eigenvalue weighted by atomic mass is 9.74. The first kappa shape index (κ1) is 48.1. The van der Waals surface area contributed by atoms with Crippen molar-refractivity contribution in [1.29, 1.82) is 0 Å². The Kier molecular flexibility index (Phi) is 17.7. The van der Waals surface area contributed by atoms with E-state index in [4.69, 9.17) is 14.2 Å². The van der Waals surface area contributed by atoms with E-state index in [9.17, 15) is 39.9 Å². The lowest BCUT2D eigenvalue weighted by Gasteiger charge is -2.55. The summed E-state index contributed by atoms with van der Waals surface area (Å²) in [6.45, 7) is 19.1. The monoisotopic (exact) mass is 791 g/mol. The smallest absolute Gasteiger partial charge is 0.330 e. The molecular formula is C45H74O11. The van der Waals surface area contributed by atoms with E-state index in [-0.39, 0.29) is 35.9 Å². The minimum Gasteiger partial charge on any atom is -0.458 e. The molecule has 3 heterocycles. The molecule has 0 amide bonds. The minimum atomic E-state index is -2.18. The summed E-state index contributed by atoms with van der Waals surface area (Å²) in [5, 5.41) is 55.0. The van der Waals surface area contributed by atoms with Crippen molar-refractivity contribution < 1.29 is 54.1 Å². The maximum atomic E-state index is 13.5. The van der Waals surface area contributed by atoms with E-state index in [0.717, 1.165) is 19.3 Å². The number of esters is 1. The van der Waals surface area contributed by atoms with Crippen LogP contribution in [0.2, 0.25) is 0 Å². The predicted octanol–water partition coefficient (Wildman–Crippen LogP) is 5.88. The van der Waals surface area contributed by atoms with Crippen LogP contribution in [0.15, 0.2) is 36.5 Å². The van der Waals surface area contributed by atoms with Gasteiger partial charge in [-0.1, -0.05) is 92.7 Å². The summed E-state index contributed by atoms with van der Waals surface area (Å²) in [7, 11) is 0. The molecule has 0 radical (unpaired) electrons. The van der Waals surface area contributed by atoms with Gasteiger partial charge in [0.05, 0.1) is 36.6 Å². The molecule has 18 atom stereocenters. The summed E-state index contributed by atoms with van der Waals surface area (Å²) in [4.78, 5) is 40.5. The average molecular weight is 791 g/mol. The second-order valence-electron chi connectivity index (χ2n) is 18.0. The highest BCUT2D eigenvalue weighted by atomic mass is 16.7. The molecule has 0 aromatic heterocycles. The van der Waals surface area contributed by atoms with Crippen LogP contribution in [0.4, 0.5) is 0 Å². The van der Waals surface area contributed by atoms with Crippen molar-refractivity contribution in [3.8, 4) is 0 Å². The van der Waals surface area contributed by atoms with Crippen molar-refractivity contribution in [2.75, 3.05) is 0 Å². The Balaban J connectivity index is 1.99. The van der Waals surface area contributed by atoms with E-state index < -0.39 is 89.0 Å². The van der Waals surface area contributed by atoms with Gasteiger partial charge < -0.3 is 39.7 Å². The van der Waals surface area contributed by atoms with Crippen LogP contribution in [-0.4, -0.2) is 97.2 Å². The SMILES string of the molecule is CC[C@@H]1/C=C/C=C/C[C@H](C)[C@@H](O)[C@](C)(O)C(=O)[C@H](C)[C@@H](O)[C@H](C)C(=O)[C@H](C)[C@@H](O)[C@H](C)/C=C/C(=O)O[C@@H]2C(C)[C@]3(CC[C@@H](C)[C@@H](C[C@H](C)O)O3)O[C@H](CC1)[C@@H]2C. The lowest BCUT2D eigenvalue weighted by molar-refractivity contribution is -0.371. The summed E-state index contributed by atoms with van der Waals surface area (Å²) >= 11 is 0. The van der Waals surface area contributed by atoms with Crippen LogP contribution in [-0.2, 0) is 28.6 Å². The van der Waals surface area contributed by atoms with Gasteiger partial charge in [-0.25, -0.2) is 4.79 Å². The van der Waals surface area contributed by atoms with Crippen LogP contribution >= 0.6 is 0 Å². The Labute approximate surface area is 336 Å². The second kappa shape index (κ2) is 20.6. The summed E-state index contributed by atoms with van der Waals surface area (Å²) in [5.74, 6) is -7.28. The molecule has 11 nitrogen and oxygen atoms in total. The topological polar surface area (TPSA) is 180 Å². The summed E-state index contributed by atoms with van der Waals surface area (Å²) in [6, 6.07) is 0. The zero-order valence-electron chi connectivity index (χ0n) is 35.8. The Morgan fingerprint density at radius 3 is 2.11 bits per heavy atom. The largest absolute Gasteiger partial charge is 0.458 e. The highest BCUT2D eigenvalue weighted by Crippen LogP contribution is 2.49. The first-order valence-corrected chi connectivity index (χ1v) is 21.2. The molecule has 320 valence electrons. The van der Waals surface area contributed by atoms with Crippen LogP contribution < -0.4 is 0 Å². The molecule has 0 saturated carbocycles. The van der Waals surface area contributed by atoms with Gasteiger partial charge in [0.25, 0.3) is 0 Å². The number of fused-ring (bicyclic) bond motifs is 2. The summed E-state index contributed by atoms with van der Waals surface area (Å²) < 4.78 is 20.0. The van der Waals surface area contributed by atoms with Crippen LogP contribution in [0.5, 0.6) is 0 Å². The maximum Gasteiger partial charge on any atom is 0.330 e. The van der Waals surface area contributed by atoms with Gasteiger partial charge in [0, 0.05) is 48.0 Å². The van der Waals surface area contributed by atoms with E-state index in [0.29, 0.717) is 25.7 Å². The van der Waals surface area contributed by atoms with Crippen molar-refractivity contribution in [3.05, 3.63) is 36.5 Å². The molecule has 3 aliphatic heterocycles. The van der Waals surface area contributed by atoms with Gasteiger partial charge in [-0.05, 0) is 70.1 Å². The van der Waals surface area contributed by atoms with Crippen LogP contribution in [0.3, 0.4) is 0 Å². The molecule has 56 heavy (non-hydrogen) atoms. The molecule has 2 bridgehead atoms. The second-order valence-corrected chi connectivity index (χ2v) is 18.0. The number of allylic oxidation sites excluding steroid dienone is 4. The third kappa shape index (κ3) is 11.5. The normalized spacial score (nSPS) is 46.8. The van der Waals surface area contributed by atoms with Crippen LogP contribution in [0.1, 0.15) is 121 Å². The van der Waals surface area contributed by atoms with Crippen LogP contribution in [0, 0.1) is 53.3 Å². The molecule has 11 heteroatoms. The van der Waals surface area contributed by atoms with Gasteiger partial charge in [0.15, 0.2) is 11.6 Å². The number of carbonyl (C=O) groups is 3. The van der Waals surface area contributed by atoms with Crippen molar-refractivity contribution in [2.45, 2.75) is 175 Å². The molecule has 1 spiro atoms. The van der Waals surface area contributed by atoms with Crippen LogP contribution in [0.25, 0.3) is 0 Å². The van der Waals surface area contributed by atoms with Gasteiger partial charge >= 0.3 is 5.97 Å². The Hall–Kier alpha value is -2.25. The quantitative estimate of drug-likeness (QED) is 0.216. The third-order valence-electron chi connectivity index (χ3n) is 13.4. The number of hydrogen-bond donors (Lipinski definition) is 5. The fourth-order valence-corrected chi connectivity index (χ4v) is 9.01. The number of aliphatic hydroxyl groups is 5. The lowest BCUT2D eigenvalue weighted by Crippen LogP contribution is -2.62. The first-order valence-electron chi connectivity index (χ1n) is 21.2. The molecule has 0 aliphatic carbocycles. The fraction of sp³-hybridized carbons (Fsp3) is 0.800. The predicted molar refractivity (Wildman–Crippen MR) is 215 cm³/mol. The number of ether oxygens (including phenoxy) is 3. The third-order valence-corrected chi connectivity index (χ3v) is 13.4. The summed E-state index contributed by atoms with van der Waals surface area (Å²) in [6.07, 6.45) is 9.62. The number of rotatable bonds is 3. The van der Waals surface area contributed by atoms with E-state index >= 15 is 0 Å². The Morgan fingerprint density at radius 1 is 0.839 bits per heavy atom. The molecule has 0 aromatic carbocycles. The Bertz CT molecular complexity index is 1390. The van der Waals surface area contributed by atoms with Gasteiger partial charge in [-0.2, -0.15) is 0 Å². The first-order chi connectivity index (χ1) is 26.1. The van der Waals surface area contributed by atoms with E-state index in [1.165, 1.54) is 39.8 Å². The zero-order chi connectivity index (χ0) is 42.3. The minimum absolute atomic E-state index is 0.168. The standard InChI is InChI=1S/C45H74O11/c1-12-34-17-15-13-14-16-27(4)42(51)44(11,53)43(52)32(9)40(50)31(8)39(49)30(7)38(48)26(3)18-21-37(47)54-41-29(6)35(20-19-34)55-45(33(41)10)23-22-25(2)36(56-45)24-28(5)46/h13-15,17-18,21,25-36,38,40-42,46,48,50-51,53H,12,16,19-20,22-24H2,1-11H3/b14-13+,17-15+,21-18+/t25-,26-,27+,28+,29+,30-,31-,32-,33?,34-,35-,36-,38+,40+,41+,42-,44+,45-/m1/s1. The van der Waals surface area contributed by atoms with Gasteiger partial charge in [0.2, 0.25) is 0 Å². The van der Waals surface area contributed by atoms with Crippen molar-refractivity contribution in [2.24, 2.45) is 53.3 Å². The van der Waals surface area contributed by atoms with E-state index in [1.807, 2.05) is 32.1 Å². The molecular weight excluding hydrogens is 716 g/mol. The van der Waals surface area contributed by atoms with Gasteiger partial charge in [-0.3, -0.25) is 9.59 Å². The highest BCUT2D eigenvalue weighted by molar-refractivity contribution is 5.91. The number of hydrogen-bond acceptors (Lipinski definition) is 11. The fourth-order valence-electron chi connectivity index (χ4n) is 9.01. The van der Waals surface area contributed by atoms with Crippen molar-refractivity contribution in [3.63, 3.8) is 0 Å². The van der Waals surface area contributed by atoms with Crippen molar-refractivity contribution >= 4 is 17.5 Å². The molecule has 2 saturated heterocycles. The molecule has 5 N–H and O–H groups in total. The number of Topliss-reactive ketones (excluding diaryl/α,β-unsaturated/α-hetero) is 2. The molecule has 3 aliphatic rings. The zero-order valence-corrected chi connectivity index (χ0v) is 35.8. The molecule has 0 aromatic rings. The van der Waals surface area contributed by atoms with Gasteiger partial charge in [0.1, 0.15) is 17.5 Å². The number of ketones is 2. The van der Waals surface area contributed by atoms with Crippen molar-refractivity contribution in [1.82, 2.24) is 0 Å². The summed E-state index contributed by atoms with van der Waals surface area (Å²) in [5.41, 5.74) is -2.18. The molecule has 3 rings (SSSR count). The van der Waals surface area contributed by atoms with E-state index in [1.54, 1.807) is 20.8 Å². The van der Waals surface area contributed by atoms with Gasteiger partial charge in [-0.15, -0.1) is 0 Å². The Morgan fingerprint density at radius 2 is 1.48 bits per heavy atom. The average Bonchev–Trinajstić information content (AvgIpc) is 3.16. The molecule has 2 fully saturated rings. The number of aliphatic hydroxyl groups excluding tert-OH is 4. The number of carbonyl (C=O) groups excluding carboxylic acids is 3. The highest BCUT2D eigenvalue weighted by Gasteiger charge is 2.56. The van der Waals surface area contributed by atoms with E-state index in [2.05, 4.69) is 19.9 Å². The molecule has 1 unspecified atom stereocenters. The maximum absolute atomic E-state index is 13.5.